The molecule has 9 heavy (non-hydrogen) atoms. The summed E-state index contributed by atoms with van der Waals surface area (Å²) in [7, 11) is 0. The molecule has 0 unspecified atom stereocenters. The van der Waals surface area contributed by atoms with Crippen molar-refractivity contribution in [2.75, 3.05) is 0 Å². The maximum absolute atomic E-state index is 3.11. The van der Waals surface area contributed by atoms with E-state index in [-0.39, 0.29) is 0 Å². The van der Waals surface area contributed by atoms with Gasteiger partial charge in [0.25, 0.3) is 0 Å². The first-order valence-electron chi connectivity index (χ1n) is 3.59. The molecule has 0 atom stereocenters. The van der Waals surface area contributed by atoms with Crippen molar-refractivity contribution >= 4 is 15.9 Å². The standard InChI is InChI=1S/C8H14Br/c1-2-3-4-5-6-7-8-9/h7H,2-6H2,1H3. The molecule has 0 aliphatic rings. The normalized spacial score (nSPS) is 10.9. The Hall–Kier alpha value is 0.220. The van der Waals surface area contributed by atoms with Crippen molar-refractivity contribution in [2.45, 2.75) is 39.0 Å². The zero-order valence-corrected chi connectivity index (χ0v) is 7.58. The van der Waals surface area contributed by atoms with Gasteiger partial charge < -0.3 is 0 Å². The van der Waals surface area contributed by atoms with Crippen molar-refractivity contribution in [1.82, 2.24) is 0 Å². The Morgan fingerprint density at radius 3 is 2.67 bits per heavy atom. The number of rotatable bonds is 5. The molecule has 0 heterocycles. The Morgan fingerprint density at radius 2 is 2.11 bits per heavy atom. The fraction of sp³-hybridized carbons (Fsp3) is 0.750. The Balaban J connectivity index is 2.75. The summed E-state index contributed by atoms with van der Waals surface area (Å²) in [6.07, 6.45) is 8.58. The summed E-state index contributed by atoms with van der Waals surface area (Å²) in [4.78, 5) is 2.83. The number of halogens is 1. The van der Waals surface area contributed by atoms with Gasteiger partial charge in [-0.3, -0.25) is 0 Å². The summed E-state index contributed by atoms with van der Waals surface area (Å²) in [5, 5.41) is 0. The molecule has 1 radical (unpaired) electrons. The molecule has 0 spiro atoms. The van der Waals surface area contributed by atoms with Crippen molar-refractivity contribution in [1.29, 1.82) is 0 Å². The predicted octanol–water partition coefficient (Wildman–Crippen LogP) is 3.67. The summed E-state index contributed by atoms with van der Waals surface area (Å²) >= 11 is 3.11. The molecule has 0 N–H and O–H groups in total. The van der Waals surface area contributed by atoms with Crippen LogP contribution in [-0.2, 0) is 0 Å². The highest BCUT2D eigenvalue weighted by molar-refractivity contribution is 9.10. The highest BCUT2D eigenvalue weighted by Crippen LogP contribution is 2.02. The fourth-order valence-corrected chi connectivity index (χ4v) is 0.957. The second-order valence-corrected chi connectivity index (χ2v) is 2.62. The molecule has 53 valence electrons. The number of unbranched alkanes of at least 4 members (excludes halogenated alkanes) is 4. The van der Waals surface area contributed by atoms with Gasteiger partial charge in [0.2, 0.25) is 0 Å². The molecule has 0 aromatic carbocycles. The van der Waals surface area contributed by atoms with Gasteiger partial charge in [0.05, 0.1) is 0 Å². The average Bonchev–Trinajstić information content (AvgIpc) is 1.89. The van der Waals surface area contributed by atoms with E-state index in [1.807, 2.05) is 6.08 Å². The van der Waals surface area contributed by atoms with Crippen molar-refractivity contribution < 1.29 is 0 Å². The lowest BCUT2D eigenvalue weighted by atomic mass is 10.2. The van der Waals surface area contributed by atoms with Crippen molar-refractivity contribution in [3.8, 4) is 0 Å². The third-order valence-electron chi connectivity index (χ3n) is 1.28. The van der Waals surface area contributed by atoms with Gasteiger partial charge >= 0.3 is 0 Å². The monoisotopic (exact) mass is 189 g/mol. The molecule has 1 heteroatoms. The Bertz CT molecular complexity index is 67.0. The Labute approximate surface area is 66.5 Å². The van der Waals surface area contributed by atoms with Gasteiger partial charge in [0, 0.05) is 4.99 Å². The summed E-state index contributed by atoms with van der Waals surface area (Å²) in [6, 6.07) is 0. The summed E-state index contributed by atoms with van der Waals surface area (Å²) in [6.45, 7) is 2.23. The Morgan fingerprint density at radius 1 is 1.33 bits per heavy atom. The maximum atomic E-state index is 3.11. The van der Waals surface area contributed by atoms with E-state index in [1.54, 1.807) is 0 Å². The minimum absolute atomic E-state index is 1.17. The van der Waals surface area contributed by atoms with Crippen LogP contribution in [0.3, 0.4) is 0 Å². The second-order valence-electron chi connectivity index (χ2n) is 2.16. The van der Waals surface area contributed by atoms with Gasteiger partial charge in [-0.2, -0.15) is 0 Å². The van der Waals surface area contributed by atoms with E-state index in [4.69, 9.17) is 0 Å². The van der Waals surface area contributed by atoms with Crippen LogP contribution in [0.15, 0.2) is 6.08 Å². The molecule has 0 aromatic rings. The van der Waals surface area contributed by atoms with Gasteiger partial charge in [-0.1, -0.05) is 32.3 Å². The molecule has 0 aliphatic heterocycles. The van der Waals surface area contributed by atoms with Gasteiger partial charge in [0.15, 0.2) is 0 Å². The Kier molecular flexibility index (Phi) is 8.42. The SMILES string of the molecule is CCCCCC/C=[C]\Br. The first-order valence-corrected chi connectivity index (χ1v) is 4.39. The van der Waals surface area contributed by atoms with Crippen molar-refractivity contribution in [3.05, 3.63) is 11.1 Å². The molecular formula is C8H14Br. The van der Waals surface area contributed by atoms with E-state index in [9.17, 15) is 0 Å². The molecule has 0 saturated carbocycles. The van der Waals surface area contributed by atoms with Gasteiger partial charge in [-0.15, -0.1) is 0 Å². The van der Waals surface area contributed by atoms with Crippen molar-refractivity contribution in [2.24, 2.45) is 0 Å². The lowest BCUT2D eigenvalue weighted by Gasteiger charge is -1.92. The lowest BCUT2D eigenvalue weighted by molar-refractivity contribution is 0.674. The zero-order valence-electron chi connectivity index (χ0n) is 5.99. The van der Waals surface area contributed by atoms with Crippen LogP contribution in [0.5, 0.6) is 0 Å². The van der Waals surface area contributed by atoms with E-state index in [2.05, 4.69) is 27.8 Å². The zero-order chi connectivity index (χ0) is 6.95. The lowest BCUT2D eigenvalue weighted by Crippen LogP contribution is -1.72. The highest BCUT2D eigenvalue weighted by Gasteiger charge is 1.82. The van der Waals surface area contributed by atoms with Gasteiger partial charge in [-0.05, 0) is 28.8 Å². The average molecular weight is 190 g/mol. The molecule has 0 nitrogen and oxygen atoms in total. The van der Waals surface area contributed by atoms with E-state index in [0.29, 0.717) is 0 Å². The molecule has 0 rings (SSSR count). The molecule has 0 fully saturated rings. The van der Waals surface area contributed by atoms with Gasteiger partial charge in [-0.25, -0.2) is 0 Å². The molecule has 0 aromatic heterocycles. The maximum Gasteiger partial charge on any atom is 0.0274 e. The van der Waals surface area contributed by atoms with E-state index in [1.165, 1.54) is 32.1 Å². The fourth-order valence-electron chi connectivity index (χ4n) is 0.728. The number of hydrogen-bond acceptors (Lipinski definition) is 0. The van der Waals surface area contributed by atoms with Crippen LogP contribution in [0.25, 0.3) is 0 Å². The van der Waals surface area contributed by atoms with E-state index in [0.717, 1.165) is 0 Å². The minimum atomic E-state index is 1.17. The van der Waals surface area contributed by atoms with Crippen LogP contribution in [0.1, 0.15) is 39.0 Å². The first kappa shape index (κ1) is 9.22. The molecular weight excluding hydrogens is 176 g/mol. The van der Waals surface area contributed by atoms with Crippen molar-refractivity contribution in [3.63, 3.8) is 0 Å². The topological polar surface area (TPSA) is 0 Å². The third kappa shape index (κ3) is 8.22. The largest absolute Gasteiger partial charge is 0.0691 e. The summed E-state index contributed by atoms with van der Waals surface area (Å²) in [5.74, 6) is 0. The summed E-state index contributed by atoms with van der Waals surface area (Å²) < 4.78 is 0. The smallest absolute Gasteiger partial charge is 0.0274 e. The minimum Gasteiger partial charge on any atom is -0.0691 e. The van der Waals surface area contributed by atoms with E-state index >= 15 is 0 Å². The van der Waals surface area contributed by atoms with Crippen LogP contribution >= 0.6 is 15.9 Å². The quantitative estimate of drug-likeness (QED) is 0.580. The summed E-state index contributed by atoms with van der Waals surface area (Å²) in [5.41, 5.74) is 0. The van der Waals surface area contributed by atoms with Crippen LogP contribution in [0, 0.1) is 4.99 Å². The molecule has 0 bridgehead atoms. The number of hydrogen-bond donors (Lipinski definition) is 0. The first-order chi connectivity index (χ1) is 4.41. The van der Waals surface area contributed by atoms with Crippen LogP contribution in [-0.4, -0.2) is 0 Å². The third-order valence-corrected chi connectivity index (χ3v) is 1.60. The second kappa shape index (κ2) is 8.22. The van der Waals surface area contributed by atoms with Crippen LogP contribution in [0.4, 0.5) is 0 Å². The van der Waals surface area contributed by atoms with Crippen LogP contribution < -0.4 is 0 Å². The number of allylic oxidation sites excluding steroid dienone is 1. The molecule has 0 amide bonds. The molecule has 0 saturated heterocycles. The van der Waals surface area contributed by atoms with Gasteiger partial charge in [0.1, 0.15) is 0 Å². The molecule has 0 aliphatic carbocycles. The predicted molar refractivity (Wildman–Crippen MR) is 45.5 cm³/mol. The van der Waals surface area contributed by atoms with E-state index < -0.39 is 0 Å². The highest BCUT2D eigenvalue weighted by atomic mass is 79.9. The van der Waals surface area contributed by atoms with Crippen LogP contribution in [0.2, 0.25) is 0 Å².